The van der Waals surface area contributed by atoms with E-state index in [0.717, 1.165) is 0 Å². The molecule has 0 aromatic carbocycles. The van der Waals surface area contributed by atoms with Crippen molar-refractivity contribution in [1.29, 1.82) is 0 Å². The molecule has 0 aromatic heterocycles. The fourth-order valence-corrected chi connectivity index (χ4v) is 19.2. The molecule has 33 nitrogen and oxygen atoms in total. The molecule has 5 rings (SSSR count). The summed E-state index contributed by atoms with van der Waals surface area (Å²) < 4.78 is 155. The normalized spacial score (nSPS) is 21.3. The Morgan fingerprint density at radius 1 is 0.313 bits per heavy atom. The van der Waals surface area contributed by atoms with Crippen LogP contribution in [0.25, 0.3) is 0 Å². The van der Waals surface area contributed by atoms with Crippen molar-refractivity contribution in [2.24, 2.45) is 0 Å². The maximum Gasteiger partial charge on any atom is 0.346 e. The monoisotopic (exact) mass is 1320 g/mol. The minimum absolute atomic E-state index is 0.0322. The van der Waals surface area contributed by atoms with Gasteiger partial charge in [-0.1, -0.05) is 0 Å². The molecule has 0 N–H and O–H groups in total. The van der Waals surface area contributed by atoms with Crippen molar-refractivity contribution < 1.29 is 153 Å². The number of rotatable bonds is 26. The molecule has 5 aliphatic heterocycles. The highest BCUT2D eigenvalue weighted by Crippen LogP contribution is 2.66. The topological polar surface area (TPSA) is 430 Å². The molecule has 478 valence electrons. The average molecular weight is 1320 g/mol. The van der Waals surface area contributed by atoms with E-state index in [1.807, 2.05) is 0 Å². The SMILES string of the molecule is CCOP(=O)(OCC)C1C(=O)OC(=O)C1P(=O)(OCC)OCC.CCOP(=O)(OCC)C1CC(=O)OC(=O)C1.CCOP(=O)(OCC)C1CCC(=O)OC1=O.COP(=O)(OC)C1CC(=O)OC(=O)C1.COP(=O)(OC)C1CCC(=O)OC1=O. The van der Waals surface area contributed by atoms with Gasteiger partial charge in [0.2, 0.25) is 0 Å². The van der Waals surface area contributed by atoms with E-state index in [1.165, 1.54) is 28.4 Å². The van der Waals surface area contributed by atoms with Gasteiger partial charge in [-0.2, -0.15) is 0 Å². The van der Waals surface area contributed by atoms with Crippen molar-refractivity contribution in [2.75, 3.05) is 81.3 Å². The van der Waals surface area contributed by atoms with Gasteiger partial charge in [0.1, 0.15) is 0 Å². The van der Waals surface area contributed by atoms with Crippen molar-refractivity contribution in [3.8, 4) is 0 Å². The number of carbonyl (C=O) groups is 10. The van der Waals surface area contributed by atoms with E-state index in [-0.39, 0.29) is 104 Å². The van der Waals surface area contributed by atoms with Crippen LogP contribution in [0.3, 0.4) is 0 Å². The van der Waals surface area contributed by atoms with Crippen LogP contribution in [-0.4, -0.2) is 175 Å². The Labute approximate surface area is 479 Å². The highest BCUT2D eigenvalue weighted by molar-refractivity contribution is 7.61. The van der Waals surface area contributed by atoms with Gasteiger partial charge in [-0.05, 0) is 68.2 Å². The molecule has 0 spiro atoms. The lowest BCUT2D eigenvalue weighted by atomic mass is 10.2. The molecule has 0 saturated carbocycles. The van der Waals surface area contributed by atoms with Crippen molar-refractivity contribution in [2.45, 2.75) is 141 Å². The molecule has 83 heavy (non-hydrogen) atoms. The van der Waals surface area contributed by atoms with E-state index in [1.54, 1.807) is 55.4 Å². The van der Waals surface area contributed by atoms with Crippen LogP contribution < -0.4 is 0 Å². The molecule has 0 radical (unpaired) electrons. The van der Waals surface area contributed by atoms with Gasteiger partial charge >= 0.3 is 105 Å². The van der Waals surface area contributed by atoms with E-state index in [9.17, 15) is 75.3 Å². The molecular weight excluding hydrogens is 1240 g/mol. The van der Waals surface area contributed by atoms with Gasteiger partial charge in [-0.3, -0.25) is 75.3 Å². The minimum Gasteiger partial charge on any atom is -0.393 e. The lowest BCUT2D eigenvalue weighted by molar-refractivity contribution is -0.164. The maximum absolute atomic E-state index is 12.9. The summed E-state index contributed by atoms with van der Waals surface area (Å²) in [6.45, 7) is 13.5. The first kappa shape index (κ1) is 77.6. The molecule has 0 aromatic rings. The predicted molar refractivity (Wildman–Crippen MR) is 282 cm³/mol. The predicted octanol–water partition coefficient (Wildman–Crippen LogP) is 6.72. The molecule has 0 bridgehead atoms. The maximum atomic E-state index is 12.9. The lowest BCUT2D eigenvalue weighted by Gasteiger charge is -2.27. The van der Waals surface area contributed by atoms with E-state index >= 15 is 0 Å². The first-order valence-electron chi connectivity index (χ1n) is 25.6. The van der Waals surface area contributed by atoms with Crippen molar-refractivity contribution in [1.82, 2.24) is 0 Å². The van der Waals surface area contributed by atoms with Gasteiger partial charge in [-0.25, -0.2) is 0 Å². The quantitative estimate of drug-likeness (QED) is 0.0375. The molecule has 4 unspecified atom stereocenters. The van der Waals surface area contributed by atoms with Crippen LogP contribution in [-0.2, 0) is 153 Å². The molecule has 5 heterocycles. The summed E-state index contributed by atoms with van der Waals surface area (Å²) in [5.41, 5.74) is -6.79. The highest BCUT2D eigenvalue weighted by atomic mass is 31.2. The fourth-order valence-electron chi connectivity index (χ4n) is 7.65. The third-order valence-electron chi connectivity index (χ3n) is 11.1. The zero-order chi connectivity index (χ0) is 63.6. The second kappa shape index (κ2) is 36.7. The fraction of sp³-hybridized carbons (Fsp3) is 0.773. The van der Waals surface area contributed by atoms with E-state index < -0.39 is 139 Å². The van der Waals surface area contributed by atoms with Crippen molar-refractivity contribution in [3.63, 3.8) is 0 Å². The second-order valence-electron chi connectivity index (χ2n) is 16.5. The molecule has 0 amide bonds. The van der Waals surface area contributed by atoms with Gasteiger partial charge in [-0.15, -0.1) is 0 Å². The summed E-state index contributed by atoms with van der Waals surface area (Å²) in [6.07, 6.45) is -0.0688. The smallest absolute Gasteiger partial charge is 0.346 e. The zero-order valence-corrected chi connectivity index (χ0v) is 53.3. The molecule has 5 fully saturated rings. The Morgan fingerprint density at radius 2 is 0.566 bits per heavy atom. The van der Waals surface area contributed by atoms with E-state index in [4.69, 9.17) is 45.2 Å². The highest BCUT2D eigenvalue weighted by Gasteiger charge is 2.64. The molecule has 5 saturated heterocycles. The molecular formula is C44H74O33P6. The molecule has 0 aliphatic carbocycles. The number of hydrogen-bond acceptors (Lipinski definition) is 33. The first-order chi connectivity index (χ1) is 38.9. The molecule has 4 atom stereocenters. The Balaban J connectivity index is 0.000000526. The second-order valence-corrected chi connectivity index (χ2v) is 30.3. The number of hydrogen-bond donors (Lipinski definition) is 0. The van der Waals surface area contributed by atoms with Gasteiger partial charge in [0.05, 0.1) is 89.9 Å². The summed E-state index contributed by atoms with van der Waals surface area (Å²) >= 11 is 0. The Morgan fingerprint density at radius 3 is 0.831 bits per heavy atom. The van der Waals surface area contributed by atoms with Gasteiger partial charge in [0.25, 0.3) is 0 Å². The molecule has 39 heteroatoms. The van der Waals surface area contributed by atoms with Crippen LogP contribution in [0, 0.1) is 0 Å². The Bertz CT molecular complexity index is 2430. The number of ether oxygens (including phenoxy) is 5. The average Bonchev–Trinajstić information content (AvgIpc) is 2.55. The van der Waals surface area contributed by atoms with E-state index in [2.05, 4.69) is 32.7 Å². The number of esters is 10. The summed E-state index contributed by atoms with van der Waals surface area (Å²) in [6, 6.07) is 0. The Hall–Kier alpha value is -3.40. The summed E-state index contributed by atoms with van der Waals surface area (Å²) in [4.78, 5) is 112. The van der Waals surface area contributed by atoms with Gasteiger partial charge in [0.15, 0.2) is 22.6 Å². The van der Waals surface area contributed by atoms with Crippen molar-refractivity contribution >= 4 is 105 Å². The van der Waals surface area contributed by atoms with Crippen LogP contribution >= 0.6 is 45.6 Å². The van der Waals surface area contributed by atoms with Crippen LogP contribution in [0.2, 0.25) is 0 Å². The first-order valence-corrected chi connectivity index (χ1v) is 35.2. The third-order valence-corrected chi connectivity index (χ3v) is 25.7. The largest absolute Gasteiger partial charge is 0.393 e. The molecule has 5 aliphatic rings. The van der Waals surface area contributed by atoms with Crippen molar-refractivity contribution in [3.05, 3.63) is 0 Å². The number of carbonyl (C=O) groups excluding carboxylic acids is 10. The van der Waals surface area contributed by atoms with Crippen LogP contribution in [0.1, 0.15) is 107 Å². The Kier molecular flexibility index (Phi) is 34.3. The van der Waals surface area contributed by atoms with Crippen LogP contribution in [0.5, 0.6) is 0 Å². The van der Waals surface area contributed by atoms with Gasteiger partial charge in [0, 0.05) is 41.3 Å². The zero-order valence-electron chi connectivity index (χ0n) is 47.9. The summed E-state index contributed by atoms with van der Waals surface area (Å²) in [5.74, 6) is -7.85. The lowest BCUT2D eigenvalue weighted by Crippen LogP contribution is -2.33. The standard InChI is InChI=1S/C12H22O9P2.2C9H15O6P.2C7H11O6P/c1-5-17-22(15,18-6-2)9-10(12(14)21-11(9)13)23(16,19-7-3)20-8-4;1-3-13-16(12,14-4-2)7-5-8(10)15-9(11)6-7;1-3-13-16(12,14-4-2)7-5-6-8(10)15-9(7)11;1-11-14(10,12-2)5-3-6(8)13-7(9)4-5;1-11-14(10,12-2)5-3-4-6(8)13-7(5)9/h9-10H,5-8H2,1-4H3;2*7H,3-6H2,1-2H3;2*5H,3-4H2,1-2H3. The van der Waals surface area contributed by atoms with Gasteiger partial charge < -0.3 is 78.0 Å². The third kappa shape index (κ3) is 22.7. The van der Waals surface area contributed by atoms with Crippen LogP contribution in [0.15, 0.2) is 0 Å². The number of cyclic esters (lactones) is 10. The summed E-state index contributed by atoms with van der Waals surface area (Å²) in [7, 11) is -17.1. The van der Waals surface area contributed by atoms with Crippen LogP contribution in [0.4, 0.5) is 0 Å². The van der Waals surface area contributed by atoms with E-state index in [0.29, 0.717) is 0 Å². The minimum atomic E-state index is -4.09. The summed E-state index contributed by atoms with van der Waals surface area (Å²) in [5, 5.41) is 0.